The van der Waals surface area contributed by atoms with Gasteiger partial charge in [0.15, 0.2) is 0 Å². The van der Waals surface area contributed by atoms with Crippen molar-refractivity contribution in [3.63, 3.8) is 0 Å². The van der Waals surface area contributed by atoms with Crippen LogP contribution in [0.5, 0.6) is 0 Å². The number of rotatable bonds is 6. The van der Waals surface area contributed by atoms with Crippen LogP contribution in [0.2, 0.25) is 0 Å². The van der Waals surface area contributed by atoms with Crippen LogP contribution in [-0.2, 0) is 20.0 Å². The zero-order chi connectivity index (χ0) is 19.1. The Hall–Kier alpha value is -2.47. The summed E-state index contributed by atoms with van der Waals surface area (Å²) in [6, 6.07) is 10.1. The molecule has 1 saturated heterocycles. The van der Waals surface area contributed by atoms with Gasteiger partial charge in [-0.1, -0.05) is 12.1 Å². The molecule has 146 valence electrons. The van der Waals surface area contributed by atoms with E-state index in [-0.39, 0.29) is 11.6 Å². The number of fused-ring (bicyclic) bond motifs is 1. The van der Waals surface area contributed by atoms with Crippen molar-refractivity contribution in [2.75, 3.05) is 13.1 Å². The summed E-state index contributed by atoms with van der Waals surface area (Å²) < 4.78 is 3.94. The molecule has 28 heavy (non-hydrogen) atoms. The molecule has 6 heteroatoms. The first-order chi connectivity index (χ1) is 13.7. The van der Waals surface area contributed by atoms with E-state index in [0.717, 1.165) is 55.6 Å². The fourth-order valence-electron chi connectivity index (χ4n) is 4.47. The standard InChI is InChI=1S/C22H27N5O/c1-25-17(10-12-23-25)11-14-26-13-4-7-20(26)21-24-19-6-3-2-5-18(19)22(28)27(21)15-16-8-9-16/h2-3,5-6,10,12,16,20H,4,7-9,11,13-15H2,1H3. The molecule has 2 fully saturated rings. The van der Waals surface area contributed by atoms with E-state index in [9.17, 15) is 4.79 Å². The average Bonchev–Trinajstić information content (AvgIpc) is 3.24. The normalized spacial score (nSPS) is 20.2. The molecule has 1 aliphatic heterocycles. The molecule has 0 spiro atoms. The number of benzene rings is 1. The summed E-state index contributed by atoms with van der Waals surface area (Å²) in [6.45, 7) is 2.85. The highest BCUT2D eigenvalue weighted by Crippen LogP contribution is 2.34. The molecule has 2 aliphatic rings. The molecule has 0 amide bonds. The lowest BCUT2D eigenvalue weighted by molar-refractivity contribution is 0.242. The average molecular weight is 377 g/mol. The molecular formula is C22H27N5O. The van der Waals surface area contributed by atoms with Gasteiger partial charge in [-0.05, 0) is 56.3 Å². The summed E-state index contributed by atoms with van der Waals surface area (Å²) in [7, 11) is 2.00. The fraction of sp³-hybridized carbons (Fsp3) is 0.500. The largest absolute Gasteiger partial charge is 0.295 e. The van der Waals surface area contributed by atoms with Crippen molar-refractivity contribution in [2.45, 2.75) is 44.7 Å². The molecule has 3 heterocycles. The number of aryl methyl sites for hydroxylation is 1. The first-order valence-corrected chi connectivity index (χ1v) is 10.4. The molecule has 5 rings (SSSR count). The Bertz CT molecular complexity index is 1050. The molecule has 1 aliphatic carbocycles. The number of likely N-dealkylation sites (tertiary alicyclic amines) is 1. The zero-order valence-corrected chi connectivity index (χ0v) is 16.4. The van der Waals surface area contributed by atoms with E-state index < -0.39 is 0 Å². The molecule has 1 unspecified atom stereocenters. The maximum absolute atomic E-state index is 13.3. The van der Waals surface area contributed by atoms with Gasteiger partial charge in [-0.15, -0.1) is 0 Å². The Morgan fingerprint density at radius 1 is 1.14 bits per heavy atom. The smallest absolute Gasteiger partial charge is 0.261 e. The van der Waals surface area contributed by atoms with Crippen molar-refractivity contribution < 1.29 is 0 Å². The van der Waals surface area contributed by atoms with Crippen LogP contribution in [0.1, 0.15) is 43.2 Å². The van der Waals surface area contributed by atoms with E-state index in [1.165, 1.54) is 18.5 Å². The van der Waals surface area contributed by atoms with Gasteiger partial charge < -0.3 is 0 Å². The van der Waals surface area contributed by atoms with E-state index >= 15 is 0 Å². The van der Waals surface area contributed by atoms with Crippen molar-refractivity contribution in [1.82, 2.24) is 24.2 Å². The van der Waals surface area contributed by atoms with Crippen molar-refractivity contribution >= 4 is 10.9 Å². The van der Waals surface area contributed by atoms with Crippen molar-refractivity contribution in [3.8, 4) is 0 Å². The summed E-state index contributed by atoms with van der Waals surface area (Å²) in [5.41, 5.74) is 2.20. The van der Waals surface area contributed by atoms with Crippen LogP contribution in [0.15, 0.2) is 41.3 Å². The van der Waals surface area contributed by atoms with Gasteiger partial charge in [0, 0.05) is 38.4 Å². The van der Waals surface area contributed by atoms with Crippen LogP contribution < -0.4 is 5.56 Å². The topological polar surface area (TPSA) is 56.0 Å². The van der Waals surface area contributed by atoms with Crippen LogP contribution in [0, 0.1) is 5.92 Å². The van der Waals surface area contributed by atoms with Crippen LogP contribution in [-0.4, -0.2) is 37.3 Å². The van der Waals surface area contributed by atoms with Crippen LogP contribution in [0.4, 0.5) is 0 Å². The van der Waals surface area contributed by atoms with Crippen LogP contribution >= 0.6 is 0 Å². The molecule has 0 radical (unpaired) electrons. The summed E-state index contributed by atoms with van der Waals surface area (Å²) in [5.74, 6) is 1.61. The monoisotopic (exact) mass is 377 g/mol. The quantitative estimate of drug-likeness (QED) is 0.663. The molecular weight excluding hydrogens is 350 g/mol. The summed E-state index contributed by atoms with van der Waals surface area (Å²) >= 11 is 0. The molecule has 3 aromatic rings. The minimum Gasteiger partial charge on any atom is -0.295 e. The Morgan fingerprint density at radius 3 is 2.79 bits per heavy atom. The lowest BCUT2D eigenvalue weighted by Crippen LogP contribution is -2.33. The minimum absolute atomic E-state index is 0.131. The number of hydrogen-bond acceptors (Lipinski definition) is 4. The Labute approximate surface area is 164 Å². The van der Waals surface area contributed by atoms with E-state index in [1.807, 2.05) is 46.8 Å². The number of aromatic nitrogens is 4. The molecule has 1 aromatic carbocycles. The number of nitrogens with zero attached hydrogens (tertiary/aromatic N) is 5. The Balaban J connectivity index is 1.49. The Morgan fingerprint density at radius 2 is 2.00 bits per heavy atom. The van der Waals surface area contributed by atoms with Gasteiger partial charge in [0.2, 0.25) is 0 Å². The third-order valence-corrected chi connectivity index (χ3v) is 6.27. The van der Waals surface area contributed by atoms with Crippen LogP contribution in [0.25, 0.3) is 10.9 Å². The van der Waals surface area contributed by atoms with Gasteiger partial charge in [0.05, 0.1) is 16.9 Å². The van der Waals surface area contributed by atoms with Crippen molar-refractivity contribution in [3.05, 3.63) is 58.4 Å². The lowest BCUT2D eigenvalue weighted by Gasteiger charge is -2.26. The van der Waals surface area contributed by atoms with Crippen LogP contribution in [0.3, 0.4) is 0 Å². The summed E-state index contributed by atoms with van der Waals surface area (Å²) in [5, 5.41) is 5.02. The minimum atomic E-state index is 0.131. The molecule has 0 bridgehead atoms. The highest BCUT2D eigenvalue weighted by atomic mass is 16.1. The highest BCUT2D eigenvalue weighted by molar-refractivity contribution is 5.77. The third-order valence-electron chi connectivity index (χ3n) is 6.27. The predicted octanol–water partition coefficient (Wildman–Crippen LogP) is 2.92. The molecule has 2 aromatic heterocycles. The van der Waals surface area contributed by atoms with E-state index in [2.05, 4.69) is 16.1 Å². The van der Waals surface area contributed by atoms with Gasteiger partial charge in [0.1, 0.15) is 5.82 Å². The maximum Gasteiger partial charge on any atom is 0.261 e. The molecule has 1 atom stereocenters. The van der Waals surface area contributed by atoms with E-state index in [4.69, 9.17) is 4.98 Å². The van der Waals surface area contributed by atoms with Gasteiger partial charge in [-0.2, -0.15) is 5.10 Å². The fourth-order valence-corrected chi connectivity index (χ4v) is 4.47. The second-order valence-electron chi connectivity index (χ2n) is 8.24. The van der Waals surface area contributed by atoms with E-state index in [0.29, 0.717) is 5.92 Å². The SMILES string of the molecule is Cn1nccc1CCN1CCCC1c1nc2ccccc2c(=O)n1CC1CC1. The Kier molecular flexibility index (Phi) is 4.51. The molecule has 0 N–H and O–H groups in total. The van der Waals surface area contributed by atoms with Crippen molar-refractivity contribution in [1.29, 1.82) is 0 Å². The second kappa shape index (κ2) is 7.17. The van der Waals surface area contributed by atoms with Gasteiger partial charge in [0.25, 0.3) is 5.56 Å². The zero-order valence-electron chi connectivity index (χ0n) is 16.4. The van der Waals surface area contributed by atoms with Gasteiger partial charge in [-0.25, -0.2) is 4.98 Å². The van der Waals surface area contributed by atoms with E-state index in [1.54, 1.807) is 0 Å². The molecule has 6 nitrogen and oxygen atoms in total. The molecule has 1 saturated carbocycles. The number of para-hydroxylation sites is 1. The van der Waals surface area contributed by atoms with Gasteiger partial charge in [-0.3, -0.25) is 18.9 Å². The van der Waals surface area contributed by atoms with Gasteiger partial charge >= 0.3 is 0 Å². The predicted molar refractivity (Wildman–Crippen MR) is 109 cm³/mol. The number of hydrogen-bond donors (Lipinski definition) is 0. The first-order valence-electron chi connectivity index (χ1n) is 10.4. The first kappa shape index (κ1) is 17.6. The maximum atomic E-state index is 13.3. The van der Waals surface area contributed by atoms with Crippen molar-refractivity contribution in [2.24, 2.45) is 13.0 Å². The summed E-state index contributed by atoms with van der Waals surface area (Å²) in [4.78, 5) is 20.8. The highest BCUT2D eigenvalue weighted by Gasteiger charge is 2.32. The second-order valence-corrected chi connectivity index (χ2v) is 8.24. The summed E-state index contributed by atoms with van der Waals surface area (Å²) in [6.07, 6.45) is 7.51. The lowest BCUT2D eigenvalue weighted by atomic mass is 10.1. The third kappa shape index (κ3) is 3.26.